The number of guanidine groups is 1. The Morgan fingerprint density at radius 3 is 1.64 bits per heavy atom. The molecule has 3 heteroatoms. The minimum absolute atomic E-state index is 0.484. The van der Waals surface area contributed by atoms with E-state index in [-0.39, 0.29) is 0 Å². The maximum atomic E-state index is 7.54. The van der Waals surface area contributed by atoms with E-state index in [0.29, 0.717) is 5.96 Å². The highest BCUT2D eigenvalue weighted by atomic mass is 15.1. The molecule has 0 aliphatic rings. The van der Waals surface area contributed by atoms with Gasteiger partial charge < -0.3 is 10.6 Å². The second-order valence-electron chi connectivity index (χ2n) is 3.64. The molecule has 0 unspecified atom stereocenters. The Hall–Kier alpha value is -0.730. The maximum absolute atomic E-state index is 7.54. The lowest BCUT2D eigenvalue weighted by molar-refractivity contribution is 0.660. The standard InChI is InChI=1S/C11H25N3/c1-3-5-7-9-13-11(12)14-10-8-6-4-2/h3-10H2,1-2H3,(H3,12,13,14). The molecule has 0 bridgehead atoms. The lowest BCUT2D eigenvalue weighted by Gasteiger charge is -2.09. The van der Waals surface area contributed by atoms with Crippen LogP contribution in [0.3, 0.4) is 0 Å². The molecule has 0 aliphatic carbocycles. The molecule has 0 aromatic carbocycles. The molecule has 0 fully saturated rings. The van der Waals surface area contributed by atoms with Crippen LogP contribution in [0.25, 0.3) is 0 Å². The zero-order valence-corrected chi connectivity index (χ0v) is 9.66. The largest absolute Gasteiger partial charge is 0.357 e. The van der Waals surface area contributed by atoms with E-state index in [9.17, 15) is 0 Å². The predicted molar refractivity (Wildman–Crippen MR) is 62.8 cm³/mol. The summed E-state index contributed by atoms with van der Waals surface area (Å²) in [5.41, 5.74) is 0. The topological polar surface area (TPSA) is 47.9 Å². The van der Waals surface area contributed by atoms with Gasteiger partial charge in [0, 0.05) is 13.1 Å². The maximum Gasteiger partial charge on any atom is 0.188 e. The Balaban J connectivity index is 3.11. The number of nitrogens with one attached hydrogen (secondary N) is 3. The Kier molecular flexibility index (Phi) is 9.81. The average Bonchev–Trinajstić information content (AvgIpc) is 2.19. The van der Waals surface area contributed by atoms with E-state index in [1.807, 2.05) is 0 Å². The minimum atomic E-state index is 0.484. The predicted octanol–water partition coefficient (Wildman–Crippen LogP) is 2.48. The Bertz CT molecular complexity index is 120. The van der Waals surface area contributed by atoms with Gasteiger partial charge in [-0.1, -0.05) is 39.5 Å². The second kappa shape index (κ2) is 10.4. The number of hydrogen-bond donors (Lipinski definition) is 3. The van der Waals surface area contributed by atoms with Gasteiger partial charge in [-0.3, -0.25) is 5.41 Å². The van der Waals surface area contributed by atoms with Crippen LogP contribution in [-0.4, -0.2) is 19.0 Å². The lowest BCUT2D eigenvalue weighted by Crippen LogP contribution is -2.37. The summed E-state index contributed by atoms with van der Waals surface area (Å²) >= 11 is 0. The molecule has 14 heavy (non-hydrogen) atoms. The van der Waals surface area contributed by atoms with Gasteiger partial charge in [-0.2, -0.15) is 0 Å². The van der Waals surface area contributed by atoms with E-state index < -0.39 is 0 Å². The van der Waals surface area contributed by atoms with E-state index in [1.165, 1.54) is 25.7 Å². The molecule has 3 N–H and O–H groups in total. The van der Waals surface area contributed by atoms with Crippen molar-refractivity contribution in [1.29, 1.82) is 5.41 Å². The van der Waals surface area contributed by atoms with E-state index in [2.05, 4.69) is 24.5 Å². The third-order valence-electron chi connectivity index (χ3n) is 2.16. The van der Waals surface area contributed by atoms with Gasteiger partial charge in [-0.15, -0.1) is 0 Å². The van der Waals surface area contributed by atoms with E-state index in [0.717, 1.165) is 25.9 Å². The summed E-state index contributed by atoms with van der Waals surface area (Å²) in [6, 6.07) is 0. The number of hydrogen-bond acceptors (Lipinski definition) is 1. The summed E-state index contributed by atoms with van der Waals surface area (Å²) in [7, 11) is 0. The average molecular weight is 199 g/mol. The van der Waals surface area contributed by atoms with Crippen LogP contribution < -0.4 is 10.6 Å². The monoisotopic (exact) mass is 199 g/mol. The molecule has 84 valence electrons. The first-order valence-corrected chi connectivity index (χ1v) is 5.87. The highest BCUT2D eigenvalue weighted by molar-refractivity contribution is 5.76. The van der Waals surface area contributed by atoms with Crippen molar-refractivity contribution in [2.24, 2.45) is 0 Å². The van der Waals surface area contributed by atoms with Crippen molar-refractivity contribution in [3.8, 4) is 0 Å². The quantitative estimate of drug-likeness (QED) is 0.319. The summed E-state index contributed by atoms with van der Waals surface area (Å²) in [6.45, 7) is 6.23. The van der Waals surface area contributed by atoms with Gasteiger partial charge in [0.25, 0.3) is 0 Å². The van der Waals surface area contributed by atoms with Crippen molar-refractivity contribution in [3.05, 3.63) is 0 Å². The summed E-state index contributed by atoms with van der Waals surface area (Å²) in [6.07, 6.45) is 7.29. The van der Waals surface area contributed by atoms with Crippen molar-refractivity contribution < 1.29 is 0 Å². The van der Waals surface area contributed by atoms with Crippen molar-refractivity contribution in [1.82, 2.24) is 10.6 Å². The summed E-state index contributed by atoms with van der Waals surface area (Å²) < 4.78 is 0. The second-order valence-corrected chi connectivity index (χ2v) is 3.64. The van der Waals surface area contributed by atoms with Crippen LogP contribution in [0.2, 0.25) is 0 Å². The molecule has 0 heterocycles. The Morgan fingerprint density at radius 2 is 1.29 bits per heavy atom. The first kappa shape index (κ1) is 13.3. The highest BCUT2D eigenvalue weighted by Crippen LogP contribution is 1.92. The van der Waals surface area contributed by atoms with Gasteiger partial charge in [-0.25, -0.2) is 0 Å². The zero-order valence-electron chi connectivity index (χ0n) is 9.66. The normalized spacial score (nSPS) is 9.86. The fraction of sp³-hybridized carbons (Fsp3) is 0.909. The first-order valence-electron chi connectivity index (χ1n) is 5.87. The molecule has 0 aliphatic heterocycles. The van der Waals surface area contributed by atoms with Crippen LogP contribution in [0.15, 0.2) is 0 Å². The summed E-state index contributed by atoms with van der Waals surface area (Å²) in [4.78, 5) is 0. The third kappa shape index (κ3) is 9.36. The molecule has 0 aromatic heterocycles. The molecule has 0 saturated carbocycles. The molecule has 3 nitrogen and oxygen atoms in total. The SMILES string of the molecule is CCCCCNC(=N)NCCCCC. The van der Waals surface area contributed by atoms with Crippen LogP contribution in [-0.2, 0) is 0 Å². The zero-order chi connectivity index (χ0) is 10.6. The summed E-state index contributed by atoms with van der Waals surface area (Å²) in [5, 5.41) is 13.7. The fourth-order valence-electron chi connectivity index (χ4n) is 1.24. The first-order chi connectivity index (χ1) is 6.81. The Labute approximate surface area is 88.2 Å². The van der Waals surface area contributed by atoms with E-state index in [4.69, 9.17) is 5.41 Å². The molecule has 0 spiro atoms. The van der Waals surface area contributed by atoms with Crippen molar-refractivity contribution >= 4 is 5.96 Å². The highest BCUT2D eigenvalue weighted by Gasteiger charge is 1.93. The smallest absolute Gasteiger partial charge is 0.188 e. The van der Waals surface area contributed by atoms with Crippen LogP contribution in [0, 0.1) is 5.41 Å². The molecule has 0 aromatic rings. The summed E-state index contributed by atoms with van der Waals surface area (Å²) in [5.74, 6) is 0.484. The van der Waals surface area contributed by atoms with Gasteiger partial charge in [0.2, 0.25) is 0 Å². The molecule has 0 rings (SSSR count). The molecule has 0 amide bonds. The van der Waals surface area contributed by atoms with E-state index >= 15 is 0 Å². The van der Waals surface area contributed by atoms with Crippen LogP contribution >= 0.6 is 0 Å². The van der Waals surface area contributed by atoms with Gasteiger partial charge in [0.1, 0.15) is 0 Å². The van der Waals surface area contributed by atoms with Crippen LogP contribution in [0.1, 0.15) is 52.4 Å². The van der Waals surface area contributed by atoms with Crippen molar-refractivity contribution in [3.63, 3.8) is 0 Å². The van der Waals surface area contributed by atoms with Gasteiger partial charge in [0.05, 0.1) is 0 Å². The number of rotatable bonds is 8. The van der Waals surface area contributed by atoms with Gasteiger partial charge in [-0.05, 0) is 12.8 Å². The number of unbranched alkanes of at least 4 members (excludes halogenated alkanes) is 4. The van der Waals surface area contributed by atoms with Crippen LogP contribution in [0.5, 0.6) is 0 Å². The lowest BCUT2D eigenvalue weighted by atomic mass is 10.2. The molecular formula is C11H25N3. The van der Waals surface area contributed by atoms with E-state index in [1.54, 1.807) is 0 Å². The Morgan fingerprint density at radius 1 is 0.857 bits per heavy atom. The van der Waals surface area contributed by atoms with Crippen molar-refractivity contribution in [2.75, 3.05) is 13.1 Å². The molecular weight excluding hydrogens is 174 g/mol. The van der Waals surface area contributed by atoms with Crippen molar-refractivity contribution in [2.45, 2.75) is 52.4 Å². The molecule has 0 atom stereocenters. The van der Waals surface area contributed by atoms with Gasteiger partial charge in [0.15, 0.2) is 5.96 Å². The third-order valence-corrected chi connectivity index (χ3v) is 2.16. The minimum Gasteiger partial charge on any atom is -0.357 e. The van der Waals surface area contributed by atoms with Gasteiger partial charge >= 0.3 is 0 Å². The van der Waals surface area contributed by atoms with Crippen LogP contribution in [0.4, 0.5) is 0 Å². The molecule has 0 saturated heterocycles. The molecule has 0 radical (unpaired) electrons. The fourth-order valence-corrected chi connectivity index (χ4v) is 1.24.